The van der Waals surface area contributed by atoms with E-state index in [-0.39, 0.29) is 33.6 Å². The highest BCUT2D eigenvalue weighted by atomic mass is 35.5. The maximum Gasteiger partial charge on any atom is 0.340 e. The highest BCUT2D eigenvalue weighted by molar-refractivity contribution is 7.71. The van der Waals surface area contributed by atoms with Crippen LogP contribution in [0, 0.1) is 16.0 Å². The monoisotopic (exact) mass is 724 g/mol. The number of pyridine rings is 1. The van der Waals surface area contributed by atoms with Gasteiger partial charge in [-0.15, -0.1) is 0 Å². The number of esters is 5. The molecule has 0 bridgehead atoms. The van der Waals surface area contributed by atoms with Crippen LogP contribution in [0.1, 0.15) is 56.8 Å². The Kier molecular flexibility index (Phi) is 12.5. The quantitative estimate of drug-likeness (QED) is 0.146. The molecule has 0 unspecified atom stereocenters. The summed E-state index contributed by atoms with van der Waals surface area (Å²) in [5.74, 6) is -4.04. The van der Waals surface area contributed by atoms with E-state index >= 15 is 0 Å². The van der Waals surface area contributed by atoms with Gasteiger partial charge in [0.05, 0.1) is 23.4 Å². The summed E-state index contributed by atoms with van der Waals surface area (Å²) >= 11 is 12.2. The summed E-state index contributed by atoms with van der Waals surface area (Å²) in [5.41, 5.74) is 0.767. The van der Waals surface area contributed by atoms with Crippen LogP contribution in [-0.4, -0.2) is 72.0 Å². The fourth-order valence-electron chi connectivity index (χ4n) is 5.64. The third-order valence-corrected chi connectivity index (χ3v) is 8.06. The van der Waals surface area contributed by atoms with Crippen LogP contribution in [0.2, 0.25) is 5.02 Å². The van der Waals surface area contributed by atoms with Crippen molar-refractivity contribution in [3.05, 3.63) is 75.4 Å². The summed E-state index contributed by atoms with van der Waals surface area (Å²) in [6, 6.07) is 17.0. The molecule has 1 aliphatic rings. The lowest BCUT2D eigenvalue weighted by Gasteiger charge is -2.45. The maximum atomic E-state index is 14.1. The lowest BCUT2D eigenvalue weighted by atomic mass is 9.90. The van der Waals surface area contributed by atoms with Crippen LogP contribution in [0.15, 0.2) is 54.6 Å². The number of aromatic nitrogens is 1. The lowest BCUT2D eigenvalue weighted by Crippen LogP contribution is -2.60. The van der Waals surface area contributed by atoms with Gasteiger partial charge in [0.2, 0.25) is 0 Å². The van der Waals surface area contributed by atoms with Crippen LogP contribution in [0.4, 0.5) is 0 Å². The van der Waals surface area contributed by atoms with Gasteiger partial charge in [0.25, 0.3) is 0 Å². The zero-order chi connectivity index (χ0) is 36.7. The first-order valence-corrected chi connectivity index (χ1v) is 16.1. The molecule has 0 spiro atoms. The fraction of sp³-hybridized carbons (Fsp3) is 0.343. The number of benzene rings is 2. The predicted molar refractivity (Wildman–Crippen MR) is 179 cm³/mol. The van der Waals surface area contributed by atoms with E-state index in [1.54, 1.807) is 61.5 Å². The normalized spacial score (nSPS) is 19.7. The Morgan fingerprint density at radius 3 is 1.94 bits per heavy atom. The van der Waals surface area contributed by atoms with E-state index < -0.39 is 67.1 Å². The molecule has 0 aliphatic carbocycles. The minimum absolute atomic E-state index is 0.0380. The van der Waals surface area contributed by atoms with Gasteiger partial charge in [-0.05, 0) is 30.2 Å². The van der Waals surface area contributed by atoms with Crippen LogP contribution >= 0.6 is 23.8 Å². The van der Waals surface area contributed by atoms with Crippen molar-refractivity contribution in [1.29, 1.82) is 5.26 Å². The van der Waals surface area contributed by atoms with E-state index in [1.807, 2.05) is 0 Å². The summed E-state index contributed by atoms with van der Waals surface area (Å²) in [4.78, 5) is 63.5. The van der Waals surface area contributed by atoms with Crippen molar-refractivity contribution in [2.45, 2.75) is 65.3 Å². The molecule has 2 aromatic carbocycles. The molecule has 4 rings (SSSR count). The Morgan fingerprint density at radius 2 is 1.40 bits per heavy atom. The number of hydrogen-bond donors (Lipinski definition) is 0. The second-order valence-corrected chi connectivity index (χ2v) is 11.8. The van der Waals surface area contributed by atoms with Gasteiger partial charge in [-0.3, -0.25) is 23.7 Å². The number of carbonyl (C=O) groups is 5. The fourth-order valence-corrected chi connectivity index (χ4v) is 6.11. The number of carbonyl (C=O) groups excluding carboxylic acids is 5. The van der Waals surface area contributed by atoms with E-state index in [0.29, 0.717) is 16.1 Å². The van der Waals surface area contributed by atoms with Crippen molar-refractivity contribution in [2.24, 2.45) is 0 Å². The standard InChI is InChI=1S/C35H33ClN2O11S/c1-6-44-35(43)28-27(22-12-14-24(36)15-13-22)25(16-37)34(50)38(29(28)23-10-8-7-9-11-23)33-32(48-21(5)42)31(47-20(4)41)30(46-19(3)40)26(49-33)17-45-18(2)39/h7-15,26,30-33H,6,17H2,1-5H3/t26-,30+,31+,32+,33-/m0/s1. The Morgan fingerprint density at radius 1 is 0.820 bits per heavy atom. The van der Waals surface area contributed by atoms with Gasteiger partial charge in [-0.2, -0.15) is 5.26 Å². The smallest absolute Gasteiger partial charge is 0.340 e. The highest BCUT2D eigenvalue weighted by Crippen LogP contribution is 2.43. The molecule has 5 atom stereocenters. The minimum atomic E-state index is -1.61. The summed E-state index contributed by atoms with van der Waals surface area (Å²) in [5, 5.41) is 11.0. The van der Waals surface area contributed by atoms with Crippen LogP contribution in [0.25, 0.3) is 22.4 Å². The van der Waals surface area contributed by atoms with Crippen molar-refractivity contribution in [2.75, 3.05) is 13.2 Å². The van der Waals surface area contributed by atoms with Crippen molar-refractivity contribution >= 4 is 53.7 Å². The molecule has 0 saturated carbocycles. The topological polar surface area (TPSA) is 169 Å². The van der Waals surface area contributed by atoms with Crippen molar-refractivity contribution in [1.82, 2.24) is 4.57 Å². The third kappa shape index (κ3) is 8.36. The molecule has 3 aromatic rings. The first-order chi connectivity index (χ1) is 23.8. The van der Waals surface area contributed by atoms with Crippen LogP contribution in [0.3, 0.4) is 0 Å². The van der Waals surface area contributed by atoms with E-state index in [0.717, 1.165) is 27.7 Å². The minimum Gasteiger partial charge on any atom is -0.463 e. The maximum absolute atomic E-state index is 14.1. The van der Waals surface area contributed by atoms with Gasteiger partial charge >= 0.3 is 29.8 Å². The van der Waals surface area contributed by atoms with Gasteiger partial charge in [-0.1, -0.05) is 66.3 Å². The molecule has 1 fully saturated rings. The van der Waals surface area contributed by atoms with Crippen molar-refractivity contribution in [3.63, 3.8) is 0 Å². The number of rotatable bonds is 10. The Balaban J connectivity index is 2.20. The first kappa shape index (κ1) is 37.7. The van der Waals surface area contributed by atoms with Crippen LogP contribution in [0.5, 0.6) is 0 Å². The second-order valence-electron chi connectivity index (χ2n) is 10.9. The van der Waals surface area contributed by atoms with Gasteiger partial charge in [0, 0.05) is 38.3 Å². The number of nitriles is 1. The molecular weight excluding hydrogens is 692 g/mol. The van der Waals surface area contributed by atoms with Gasteiger partial charge in [0.1, 0.15) is 23.4 Å². The molecule has 2 heterocycles. The lowest BCUT2D eigenvalue weighted by molar-refractivity contribution is -0.268. The Labute approximate surface area is 297 Å². The van der Waals surface area contributed by atoms with Gasteiger partial charge < -0.3 is 28.4 Å². The van der Waals surface area contributed by atoms with Gasteiger partial charge in [0.15, 0.2) is 24.5 Å². The average molecular weight is 725 g/mol. The third-order valence-electron chi connectivity index (χ3n) is 7.40. The number of hydrogen-bond acceptors (Lipinski definition) is 13. The molecule has 262 valence electrons. The van der Waals surface area contributed by atoms with Crippen LogP contribution < -0.4 is 0 Å². The summed E-state index contributed by atoms with van der Waals surface area (Å²) in [6.45, 7) is 5.50. The Hall–Kier alpha value is -5.10. The molecule has 0 amide bonds. The molecule has 0 N–H and O–H groups in total. The first-order valence-electron chi connectivity index (χ1n) is 15.3. The molecule has 0 radical (unpaired) electrons. The van der Waals surface area contributed by atoms with Crippen LogP contribution in [-0.2, 0) is 47.6 Å². The van der Waals surface area contributed by atoms with E-state index in [1.165, 1.54) is 4.57 Å². The molecule has 1 aromatic heterocycles. The SMILES string of the molecule is CCOC(=O)c1c(-c2ccc(Cl)cc2)c(C#N)c(=S)n([C@H]2O[C@@H](COC(C)=O)[C@@H](OC(C)=O)[C@@H](OC(C)=O)[C@H]2OC(C)=O)c1-c1ccccc1. The van der Waals surface area contributed by atoms with E-state index in [4.69, 9.17) is 52.2 Å². The molecule has 13 nitrogen and oxygen atoms in total. The van der Waals surface area contributed by atoms with E-state index in [2.05, 4.69) is 6.07 Å². The largest absolute Gasteiger partial charge is 0.463 e. The molecule has 1 saturated heterocycles. The van der Waals surface area contributed by atoms with Crippen molar-refractivity contribution < 1.29 is 52.4 Å². The second kappa shape index (κ2) is 16.5. The number of nitrogens with zero attached hydrogens (tertiary/aromatic N) is 2. The van der Waals surface area contributed by atoms with Crippen molar-refractivity contribution in [3.8, 4) is 28.5 Å². The summed E-state index contributed by atoms with van der Waals surface area (Å²) in [7, 11) is 0. The molecular formula is C35H33ClN2O11S. The molecule has 1 aliphatic heterocycles. The van der Waals surface area contributed by atoms with E-state index in [9.17, 15) is 29.2 Å². The zero-order valence-corrected chi connectivity index (χ0v) is 29.2. The summed E-state index contributed by atoms with van der Waals surface area (Å²) < 4.78 is 35.2. The number of halogens is 1. The predicted octanol–water partition coefficient (Wildman–Crippen LogP) is 5.51. The zero-order valence-electron chi connectivity index (χ0n) is 27.7. The molecule has 15 heteroatoms. The van der Waals surface area contributed by atoms with Gasteiger partial charge in [-0.25, -0.2) is 4.79 Å². The summed E-state index contributed by atoms with van der Waals surface area (Å²) in [6.07, 6.45) is -7.55. The highest BCUT2D eigenvalue weighted by Gasteiger charge is 2.53. The Bertz CT molecular complexity index is 1890. The number of ether oxygens (including phenoxy) is 6. The molecule has 50 heavy (non-hydrogen) atoms. The average Bonchev–Trinajstić information content (AvgIpc) is 3.05.